The fourth-order valence-electron chi connectivity index (χ4n) is 1.59. The minimum Gasteiger partial charge on any atom is -0.361 e. The van der Waals surface area contributed by atoms with Crippen LogP contribution in [0.5, 0.6) is 0 Å². The molecule has 2 rings (SSSR count). The smallest absolute Gasteiger partial charge is 0.277 e. The Bertz CT molecular complexity index is 649. The van der Waals surface area contributed by atoms with Crippen LogP contribution in [0, 0.1) is 12.7 Å². The van der Waals surface area contributed by atoms with E-state index in [-0.39, 0.29) is 22.7 Å². The fourth-order valence-corrected chi connectivity index (χ4v) is 1.59. The van der Waals surface area contributed by atoms with E-state index >= 15 is 0 Å². The highest BCUT2D eigenvalue weighted by molar-refractivity contribution is 6.08. The molecule has 0 saturated heterocycles. The molecule has 0 radical (unpaired) electrons. The monoisotopic (exact) mass is 262 g/mol. The van der Waals surface area contributed by atoms with Crippen LogP contribution in [0.25, 0.3) is 0 Å². The third-order valence-electron chi connectivity index (χ3n) is 2.47. The number of aromatic nitrogens is 1. The van der Waals surface area contributed by atoms with Crippen molar-refractivity contribution in [1.29, 1.82) is 0 Å². The van der Waals surface area contributed by atoms with Crippen molar-refractivity contribution < 1.29 is 18.5 Å². The fraction of sp³-hybridized carbons (Fsp3) is 0.154. The molecule has 1 aromatic heterocycles. The maximum absolute atomic E-state index is 13.2. The number of carbonyl (C=O) groups excluding carboxylic acids is 2. The number of ketones is 1. The Morgan fingerprint density at radius 3 is 2.63 bits per heavy atom. The summed E-state index contributed by atoms with van der Waals surface area (Å²) in [6, 6.07) is 5.01. The van der Waals surface area contributed by atoms with Crippen molar-refractivity contribution in [3.63, 3.8) is 0 Å². The van der Waals surface area contributed by atoms with Crippen LogP contribution in [-0.2, 0) is 0 Å². The molecule has 1 amide bonds. The van der Waals surface area contributed by atoms with Gasteiger partial charge in [0.15, 0.2) is 11.5 Å². The summed E-state index contributed by atoms with van der Waals surface area (Å²) in [5, 5.41) is 5.98. The Balaban J connectivity index is 2.30. The van der Waals surface area contributed by atoms with Crippen LogP contribution in [0.2, 0.25) is 0 Å². The second kappa shape index (κ2) is 5.01. The van der Waals surface area contributed by atoms with E-state index in [1.807, 2.05) is 0 Å². The number of hydrogen-bond acceptors (Lipinski definition) is 4. The molecule has 0 aliphatic carbocycles. The Labute approximate surface area is 108 Å². The van der Waals surface area contributed by atoms with Gasteiger partial charge in [-0.15, -0.1) is 0 Å². The van der Waals surface area contributed by atoms with Crippen LogP contribution in [0.3, 0.4) is 0 Å². The maximum Gasteiger partial charge on any atom is 0.277 e. The minimum absolute atomic E-state index is 0.0660. The molecule has 0 fully saturated rings. The lowest BCUT2D eigenvalue weighted by molar-refractivity contribution is 0.101. The first-order valence-electron chi connectivity index (χ1n) is 5.52. The van der Waals surface area contributed by atoms with Crippen LogP contribution in [0.1, 0.15) is 33.5 Å². The summed E-state index contributed by atoms with van der Waals surface area (Å²) < 4.78 is 17.9. The SMILES string of the molecule is CC(=O)c1ccc(F)cc1NC(=O)c1cc(C)on1. The van der Waals surface area contributed by atoms with Gasteiger partial charge in [-0.1, -0.05) is 5.16 Å². The highest BCUT2D eigenvalue weighted by Crippen LogP contribution is 2.18. The van der Waals surface area contributed by atoms with Crippen molar-refractivity contribution >= 4 is 17.4 Å². The zero-order valence-electron chi connectivity index (χ0n) is 10.4. The number of nitrogens with one attached hydrogen (secondary N) is 1. The normalized spacial score (nSPS) is 10.3. The number of benzene rings is 1. The van der Waals surface area contributed by atoms with E-state index in [1.165, 1.54) is 19.1 Å². The lowest BCUT2D eigenvalue weighted by Crippen LogP contribution is -2.14. The topological polar surface area (TPSA) is 72.2 Å². The van der Waals surface area contributed by atoms with Crippen LogP contribution in [-0.4, -0.2) is 16.8 Å². The molecule has 5 nitrogen and oxygen atoms in total. The van der Waals surface area contributed by atoms with Crippen molar-refractivity contribution in [2.75, 3.05) is 5.32 Å². The summed E-state index contributed by atoms with van der Waals surface area (Å²) in [6.07, 6.45) is 0. The number of nitrogens with zero attached hydrogens (tertiary/aromatic N) is 1. The first-order chi connectivity index (χ1) is 8.97. The van der Waals surface area contributed by atoms with E-state index in [1.54, 1.807) is 6.92 Å². The van der Waals surface area contributed by atoms with Gasteiger partial charge in [0.2, 0.25) is 0 Å². The number of amides is 1. The van der Waals surface area contributed by atoms with E-state index in [4.69, 9.17) is 4.52 Å². The van der Waals surface area contributed by atoms with E-state index in [2.05, 4.69) is 10.5 Å². The number of Topliss-reactive ketones (excluding diaryl/α,β-unsaturated/α-hetero) is 1. The highest BCUT2D eigenvalue weighted by Gasteiger charge is 2.15. The summed E-state index contributed by atoms with van der Waals surface area (Å²) in [4.78, 5) is 23.2. The molecule has 0 bridgehead atoms. The van der Waals surface area contributed by atoms with Gasteiger partial charge in [-0.25, -0.2) is 4.39 Å². The van der Waals surface area contributed by atoms with Gasteiger partial charge in [-0.05, 0) is 32.0 Å². The third-order valence-corrected chi connectivity index (χ3v) is 2.47. The molecular formula is C13H11FN2O3. The average molecular weight is 262 g/mol. The molecule has 0 aliphatic heterocycles. The molecule has 1 N–H and O–H groups in total. The summed E-state index contributed by atoms with van der Waals surface area (Å²) in [5.74, 6) is -0.899. The number of hydrogen-bond donors (Lipinski definition) is 1. The Morgan fingerprint density at radius 1 is 1.32 bits per heavy atom. The molecule has 6 heteroatoms. The van der Waals surface area contributed by atoms with Crippen molar-refractivity contribution in [2.24, 2.45) is 0 Å². The maximum atomic E-state index is 13.2. The largest absolute Gasteiger partial charge is 0.361 e. The second-order valence-corrected chi connectivity index (χ2v) is 4.02. The van der Waals surface area contributed by atoms with E-state index in [0.29, 0.717) is 5.76 Å². The Hall–Kier alpha value is -2.50. The molecule has 1 aromatic carbocycles. The highest BCUT2D eigenvalue weighted by atomic mass is 19.1. The quantitative estimate of drug-likeness (QED) is 0.863. The zero-order chi connectivity index (χ0) is 14.0. The van der Waals surface area contributed by atoms with Crippen LogP contribution < -0.4 is 5.32 Å². The Kier molecular flexibility index (Phi) is 3.41. The molecule has 2 aromatic rings. The van der Waals surface area contributed by atoms with Gasteiger partial charge >= 0.3 is 0 Å². The van der Waals surface area contributed by atoms with Crippen LogP contribution in [0.15, 0.2) is 28.8 Å². The number of halogens is 1. The molecule has 1 heterocycles. The zero-order valence-corrected chi connectivity index (χ0v) is 10.4. The molecule has 0 spiro atoms. The van der Waals surface area contributed by atoms with Crippen molar-refractivity contribution in [1.82, 2.24) is 5.16 Å². The molecule has 0 saturated carbocycles. The van der Waals surface area contributed by atoms with Gasteiger partial charge in [0, 0.05) is 11.6 Å². The molecule has 19 heavy (non-hydrogen) atoms. The summed E-state index contributed by atoms with van der Waals surface area (Å²) >= 11 is 0. The molecule has 0 atom stereocenters. The van der Waals surface area contributed by atoms with E-state index < -0.39 is 11.7 Å². The van der Waals surface area contributed by atoms with Crippen molar-refractivity contribution in [3.05, 3.63) is 47.1 Å². The number of aryl methyl sites for hydroxylation is 1. The van der Waals surface area contributed by atoms with Gasteiger partial charge in [0.1, 0.15) is 11.6 Å². The van der Waals surface area contributed by atoms with Gasteiger partial charge in [0.05, 0.1) is 5.69 Å². The molecule has 0 unspecified atom stereocenters. The first-order valence-corrected chi connectivity index (χ1v) is 5.52. The van der Waals surface area contributed by atoms with Gasteiger partial charge in [-0.3, -0.25) is 9.59 Å². The lowest BCUT2D eigenvalue weighted by Gasteiger charge is -2.07. The predicted molar refractivity (Wildman–Crippen MR) is 65.6 cm³/mol. The summed E-state index contributed by atoms with van der Waals surface area (Å²) in [5.41, 5.74) is 0.407. The van der Waals surface area contributed by atoms with Crippen molar-refractivity contribution in [3.8, 4) is 0 Å². The molecule has 98 valence electrons. The van der Waals surface area contributed by atoms with E-state index in [0.717, 1.165) is 12.1 Å². The number of anilines is 1. The van der Waals surface area contributed by atoms with Gasteiger partial charge in [0.25, 0.3) is 5.91 Å². The standard InChI is InChI=1S/C13H11FN2O3/c1-7-5-12(16-19-7)13(18)15-11-6-9(14)3-4-10(11)8(2)17/h3-6H,1-2H3,(H,15,18). The number of rotatable bonds is 3. The molecular weight excluding hydrogens is 251 g/mol. The third kappa shape index (κ3) is 2.85. The minimum atomic E-state index is -0.565. The number of carbonyl (C=O) groups is 2. The van der Waals surface area contributed by atoms with Gasteiger partial charge in [-0.2, -0.15) is 0 Å². The predicted octanol–water partition coefficient (Wildman–Crippen LogP) is 2.58. The second-order valence-electron chi connectivity index (χ2n) is 4.02. The Morgan fingerprint density at radius 2 is 2.05 bits per heavy atom. The van der Waals surface area contributed by atoms with E-state index in [9.17, 15) is 14.0 Å². The van der Waals surface area contributed by atoms with Crippen molar-refractivity contribution in [2.45, 2.75) is 13.8 Å². The van der Waals surface area contributed by atoms with Crippen LogP contribution in [0.4, 0.5) is 10.1 Å². The summed E-state index contributed by atoms with van der Waals surface area (Å²) in [6.45, 7) is 2.98. The van der Waals surface area contributed by atoms with Gasteiger partial charge < -0.3 is 9.84 Å². The summed E-state index contributed by atoms with van der Waals surface area (Å²) in [7, 11) is 0. The van der Waals surface area contributed by atoms with Crippen LogP contribution >= 0.6 is 0 Å². The molecule has 0 aliphatic rings. The average Bonchev–Trinajstić information content (AvgIpc) is 2.75. The lowest BCUT2D eigenvalue weighted by atomic mass is 10.1. The first kappa shape index (κ1) is 12.9.